The molecule has 4 aliphatic heterocycles. The van der Waals surface area contributed by atoms with Gasteiger partial charge < -0.3 is 42.7 Å². The Morgan fingerprint density at radius 1 is 0.485 bits per heavy atom. The predicted molar refractivity (Wildman–Crippen MR) is 528 cm³/mol. The molecular formula is C96H102Br3F8N15O5S4Sn. The first kappa shape index (κ1) is 106. The number of pyridine rings is 2. The number of amides is 3. The van der Waals surface area contributed by atoms with Gasteiger partial charge in [0.25, 0.3) is 0 Å². The number of likely N-dealkylation sites (N-methyl/N-ethyl adjacent to an activating group) is 3. The summed E-state index contributed by atoms with van der Waals surface area (Å²) in [7, 11) is 9.88. The standard InChI is InChI=1S/C25H21F2N5OS.C19H19F2N3OS.C17H18BrF2N3OS.C15H13BrF2N2O2S.C6H3BrN2.3C4H9.C2H.Sn/c1-29-18-8-7-17(30-14-18)6-4-16-5-9-20(27)19(12-16)25(15-26)21-13-24(21,34-23(28)31-25)11-10-22(33)32(2)3;1-4-12-5-6-14(21)13(9-12)19(11-20)15-10-18(15,26-17(22)23-19)8-7-16(25)24(2)3;1-23(2)14(24)5-6-16-8-13(16)17(9-19,22-15(21)25-16)11-7-10(18)3-4-12(11)20;16-8-1-2-10(18)9(5-8)15(7-17)11-6-14(11,4-3-12(21)22)23-13(19)20-15;1-8-5-2-3-6(7)9-4-5;3*1-3-4-2;1-2;/h5,7-12,14,21H,13,15H2,2-3H3,(H2,28,31);1,5-9,15H,10-11H2,2-3H3,(H2,22,23);3-7,13H,8-9H2,1-2H3,(H2,21,22);1-5,11H,6-7H2,(H2,19,20)(H,21,22);2-4H;3*1,3-4H2,2H3;1H;/b11-10+;8-7+;6-5+;4-3+;;;;;;/t21-,24+,25-;15-,18+,19-;13-,16+,17-;11-,14+,15-;;;;;;/m1111....../s1. The number of carboxylic acid groups (broad SMARTS) is 1. The molecule has 0 bridgehead atoms. The number of alkyl halides is 4. The third-order valence-corrected chi connectivity index (χ3v) is 43.4. The summed E-state index contributed by atoms with van der Waals surface area (Å²) in [4.78, 5) is 82.6. The summed E-state index contributed by atoms with van der Waals surface area (Å²) in [5.74, 6) is 3.06. The zero-order valence-corrected chi connectivity index (χ0v) is 85.0. The number of halogens is 11. The third-order valence-electron chi connectivity index (χ3n) is 23.9. The molecule has 3 amide bonds. The molecule has 12 atom stereocenters. The molecule has 0 saturated heterocycles. The molecule has 14 rings (SSSR count). The Bertz CT molecular complexity index is 5780. The zero-order chi connectivity index (χ0) is 97.1. The average Bonchev–Trinajstić information content (AvgIpc) is 1.55. The molecule has 696 valence electrons. The number of aromatic nitrogens is 2. The Hall–Kier alpha value is -9.36. The quantitative estimate of drug-likeness (QED) is 0.00889. The molecule has 6 aromatic rings. The van der Waals surface area contributed by atoms with Crippen molar-refractivity contribution >= 4 is 169 Å². The van der Waals surface area contributed by atoms with Crippen molar-refractivity contribution in [3.05, 3.63) is 257 Å². The number of carbonyl (C=O) groups excluding carboxylic acids is 3. The second-order valence-corrected chi connectivity index (χ2v) is 54.0. The van der Waals surface area contributed by atoms with E-state index in [1.165, 1.54) is 211 Å². The topological polar surface area (TPSA) is 286 Å². The van der Waals surface area contributed by atoms with Crippen molar-refractivity contribution in [3.8, 4) is 34.5 Å². The summed E-state index contributed by atoms with van der Waals surface area (Å²) in [5.41, 5.74) is 21.0. The fraction of sp³-hybridized carbons (Fsp3) is 0.396. The fourth-order valence-electron chi connectivity index (χ4n) is 16.5. The van der Waals surface area contributed by atoms with Gasteiger partial charge in [0.05, 0.1) is 13.1 Å². The number of hydrogen-bond acceptors (Lipinski definition) is 18. The van der Waals surface area contributed by atoms with E-state index < -0.39 is 115 Å². The van der Waals surface area contributed by atoms with E-state index in [-0.39, 0.29) is 84.3 Å². The van der Waals surface area contributed by atoms with Crippen LogP contribution in [0, 0.1) is 94.6 Å². The minimum Gasteiger partial charge on any atom is -0.478 e. The number of hydrogen-bond donors (Lipinski definition) is 5. The van der Waals surface area contributed by atoms with Crippen LogP contribution in [0.25, 0.3) is 9.69 Å². The normalized spacial score (nSPS) is 25.6. The average molecular weight is 2180 g/mol. The van der Waals surface area contributed by atoms with Crippen molar-refractivity contribution in [2.75, 3.05) is 69.0 Å². The number of thioether (sulfide) groups is 4. The van der Waals surface area contributed by atoms with E-state index in [0.717, 1.165) is 10.7 Å². The molecule has 4 saturated carbocycles. The summed E-state index contributed by atoms with van der Waals surface area (Å²) < 4.78 is 123. The number of nitrogens with two attached hydrogens (primary N) is 4. The van der Waals surface area contributed by atoms with Crippen LogP contribution in [0.15, 0.2) is 192 Å². The number of carbonyl (C=O) groups is 4. The van der Waals surface area contributed by atoms with Crippen molar-refractivity contribution < 1.29 is 59.4 Å². The van der Waals surface area contributed by atoms with Crippen LogP contribution in [0.2, 0.25) is 13.3 Å². The maximum absolute atomic E-state index is 15.0. The van der Waals surface area contributed by atoms with Gasteiger partial charge in [0.15, 0.2) is 20.7 Å². The number of terminal acetylenes is 2. The van der Waals surface area contributed by atoms with Crippen LogP contribution >= 0.6 is 94.8 Å². The Kier molecular flexibility index (Phi) is 36.9. The van der Waals surface area contributed by atoms with Crippen LogP contribution < -0.4 is 22.9 Å². The summed E-state index contributed by atoms with van der Waals surface area (Å²) in [6.07, 6.45) is 36.6. The van der Waals surface area contributed by atoms with Gasteiger partial charge in [-0.05, 0) is 132 Å². The van der Waals surface area contributed by atoms with Crippen molar-refractivity contribution in [2.45, 2.75) is 139 Å². The summed E-state index contributed by atoms with van der Waals surface area (Å²) in [5, 5.41) is 9.48. The van der Waals surface area contributed by atoms with Crippen molar-refractivity contribution in [1.82, 2.24) is 24.7 Å². The number of amidine groups is 4. The molecule has 8 aliphatic rings. The van der Waals surface area contributed by atoms with Crippen LogP contribution in [0.1, 0.15) is 124 Å². The van der Waals surface area contributed by atoms with Crippen molar-refractivity contribution in [2.24, 2.45) is 66.6 Å². The molecule has 4 fully saturated rings. The molecule has 36 heteroatoms. The van der Waals surface area contributed by atoms with Crippen LogP contribution in [-0.4, -0.2) is 180 Å². The smallest absolute Gasteiger partial charge is 0.328 e. The number of carboxylic acids is 1. The van der Waals surface area contributed by atoms with E-state index in [1.54, 1.807) is 96.9 Å². The number of aliphatic carboxylic acids is 1. The maximum Gasteiger partial charge on any atom is 0.328 e. The van der Waals surface area contributed by atoms with Crippen LogP contribution in [0.5, 0.6) is 0 Å². The molecule has 132 heavy (non-hydrogen) atoms. The molecule has 9 N–H and O–H groups in total. The molecule has 4 aromatic carbocycles. The van der Waals surface area contributed by atoms with Gasteiger partial charge in [0.2, 0.25) is 29.1 Å². The molecular weight excluding hydrogens is 2080 g/mol. The van der Waals surface area contributed by atoms with Gasteiger partial charge >= 0.3 is 107 Å². The van der Waals surface area contributed by atoms with Gasteiger partial charge in [0, 0.05) is 164 Å². The Morgan fingerprint density at radius 3 is 1.09 bits per heavy atom. The van der Waals surface area contributed by atoms with E-state index in [2.05, 4.69) is 130 Å². The molecule has 6 heterocycles. The van der Waals surface area contributed by atoms with Crippen molar-refractivity contribution in [1.29, 1.82) is 0 Å². The van der Waals surface area contributed by atoms with E-state index in [0.29, 0.717) is 62.8 Å². The first-order chi connectivity index (χ1) is 62.6. The molecule has 20 nitrogen and oxygen atoms in total. The number of benzene rings is 4. The molecule has 4 aliphatic carbocycles. The van der Waals surface area contributed by atoms with Crippen molar-refractivity contribution in [3.63, 3.8) is 0 Å². The number of nitrogens with zero attached hydrogens (tertiary/aromatic N) is 11. The third kappa shape index (κ3) is 24.8. The molecule has 0 radical (unpaired) electrons. The Balaban J connectivity index is 0.000000184. The van der Waals surface area contributed by atoms with Gasteiger partial charge in [-0.1, -0.05) is 127 Å². The van der Waals surface area contributed by atoms with E-state index in [1.807, 2.05) is 0 Å². The first-order valence-corrected chi connectivity index (χ1v) is 55.1. The summed E-state index contributed by atoms with van der Waals surface area (Å²) in [6.45, 7) is 16.8. The number of fused-ring (bicyclic) bond motifs is 4. The summed E-state index contributed by atoms with van der Waals surface area (Å²) in [6, 6.07) is 23.8. The molecule has 2 aromatic heterocycles. The van der Waals surface area contributed by atoms with Gasteiger partial charge in [0.1, 0.15) is 82.4 Å². The van der Waals surface area contributed by atoms with Gasteiger partial charge in [-0.2, -0.15) is 0 Å². The second-order valence-electron chi connectivity index (χ2n) is 33.4. The predicted octanol–water partition coefficient (Wildman–Crippen LogP) is 20.1. The monoisotopic (exact) mass is 2180 g/mol. The molecule has 0 spiro atoms. The zero-order valence-electron chi connectivity index (χ0n) is 74.1. The Morgan fingerprint density at radius 2 is 0.803 bits per heavy atom. The fourth-order valence-corrected chi connectivity index (χ4v) is 34.9. The summed E-state index contributed by atoms with van der Waals surface area (Å²) >= 11 is 12.7. The molecule has 0 unspecified atom stereocenters. The number of unbranched alkanes of at least 4 members (excludes halogenated alkanes) is 3. The SMILES string of the molecule is C#Cc1ccc(F)c([C@@]2(CF)N=C(N)S[C@@]3(/C=C/C(=O)N(C)C)C[C@H]32)c1.C#[C][Sn]([CH2]CCC)([CH2]CCC)[CH2]CCC.CN(C)C(=O)/C=C/[C@]12C[C@H]1[C@@](CF)(c1cc(Br)ccc1F)N=C(N)S2.NC1=N[C@](CF)(c2cc(Br)ccc2F)[C@@H]2C[C@]2(/C=C/C(=O)O)S1.[C-]#[N+]c1ccc(Br)nc1.[C-]#[N+]c1ccc(C#Cc2ccc(F)c([C@@]3(CF)N=C(N)S[C@@]4(/C=C/C(=O)N(C)C)C[C@H]43)c2)nc1. The first-order valence-electron chi connectivity index (χ1n) is 42.0. The van der Waals surface area contributed by atoms with Crippen LogP contribution in [0.3, 0.4) is 0 Å². The minimum atomic E-state index is -2.09. The maximum atomic E-state index is 15.0. The van der Waals surface area contributed by atoms with E-state index in [9.17, 15) is 49.9 Å². The van der Waals surface area contributed by atoms with E-state index >= 15 is 4.39 Å². The van der Waals surface area contributed by atoms with Gasteiger partial charge in [-0.3, -0.25) is 24.4 Å². The second kappa shape index (κ2) is 45.8. The van der Waals surface area contributed by atoms with Gasteiger partial charge in [-0.25, -0.2) is 69.6 Å². The van der Waals surface area contributed by atoms with Crippen LogP contribution in [0.4, 0.5) is 46.5 Å². The Labute approximate surface area is 812 Å². The van der Waals surface area contributed by atoms with Gasteiger partial charge in [-0.15, -0.1) is 6.42 Å². The van der Waals surface area contributed by atoms with E-state index in [4.69, 9.17) is 54.0 Å². The minimum absolute atomic E-state index is 0.0839. The van der Waals surface area contributed by atoms with Crippen LogP contribution in [-0.2, 0) is 41.3 Å². The largest absolute Gasteiger partial charge is 0.478 e. The number of rotatable bonds is 25. The number of aliphatic imine (C=N–C) groups is 4.